The highest BCUT2D eigenvalue weighted by Crippen LogP contribution is 2.29. The van der Waals surface area contributed by atoms with Crippen molar-refractivity contribution in [3.63, 3.8) is 0 Å². The van der Waals surface area contributed by atoms with E-state index in [9.17, 15) is 13.2 Å². The third-order valence-corrected chi connectivity index (χ3v) is 7.51. The van der Waals surface area contributed by atoms with Gasteiger partial charge in [-0.05, 0) is 42.7 Å². The summed E-state index contributed by atoms with van der Waals surface area (Å²) in [6.45, 7) is 6.71. The maximum Gasteiger partial charge on any atom is 0.286 e. The molecule has 2 aromatic rings. The Hall–Kier alpha value is -2.58. The summed E-state index contributed by atoms with van der Waals surface area (Å²) in [6.07, 6.45) is 0.728. The van der Waals surface area contributed by atoms with Crippen molar-refractivity contribution >= 4 is 44.7 Å². The number of anilines is 2. The van der Waals surface area contributed by atoms with E-state index in [0.29, 0.717) is 37.5 Å². The van der Waals surface area contributed by atoms with E-state index in [4.69, 9.17) is 11.6 Å². The first-order valence-corrected chi connectivity index (χ1v) is 12.5. The van der Waals surface area contributed by atoms with Gasteiger partial charge in [-0.1, -0.05) is 36.7 Å². The monoisotopic (exact) mass is 474 g/mol. The fourth-order valence-electron chi connectivity index (χ4n) is 4.15. The van der Waals surface area contributed by atoms with Crippen LogP contribution in [0.3, 0.4) is 0 Å². The Morgan fingerprint density at radius 2 is 1.88 bits per heavy atom. The number of nitrogens with one attached hydrogen (secondary N) is 1. The number of para-hydroxylation sites is 1. The van der Waals surface area contributed by atoms with Gasteiger partial charge in [0.1, 0.15) is 10.7 Å². The number of rotatable bonds is 5. The molecule has 0 bridgehead atoms. The van der Waals surface area contributed by atoms with Crippen LogP contribution in [0, 0.1) is 12.8 Å². The molecule has 1 amide bonds. The number of hydrogen-bond acceptors (Lipinski definition) is 5. The number of carbonyl (C=O) groups excluding carboxylic acids is 1. The van der Waals surface area contributed by atoms with Crippen molar-refractivity contribution in [3.8, 4) is 0 Å². The van der Waals surface area contributed by atoms with Crippen molar-refractivity contribution in [2.45, 2.75) is 31.6 Å². The van der Waals surface area contributed by atoms with E-state index >= 15 is 0 Å². The maximum absolute atomic E-state index is 12.8. The lowest BCUT2D eigenvalue weighted by atomic mass is 10.0. The number of nitrogens with zero attached hydrogens (tertiary/aromatic N) is 3. The Balaban J connectivity index is 1.32. The molecule has 1 atom stereocenters. The van der Waals surface area contributed by atoms with Crippen molar-refractivity contribution in [1.82, 2.24) is 4.90 Å². The van der Waals surface area contributed by atoms with E-state index in [-0.39, 0.29) is 16.7 Å². The zero-order valence-corrected chi connectivity index (χ0v) is 19.8. The summed E-state index contributed by atoms with van der Waals surface area (Å²) < 4.78 is 28.7. The molecule has 0 unspecified atom stereocenters. The quantitative estimate of drug-likeness (QED) is 0.710. The molecule has 2 aliphatic heterocycles. The highest BCUT2D eigenvalue weighted by atomic mass is 35.5. The van der Waals surface area contributed by atoms with Gasteiger partial charge in [-0.25, -0.2) is 0 Å². The minimum Gasteiger partial charge on any atom is -0.367 e. The summed E-state index contributed by atoms with van der Waals surface area (Å²) >= 11 is 6.36. The Morgan fingerprint density at radius 3 is 2.62 bits per heavy atom. The summed E-state index contributed by atoms with van der Waals surface area (Å²) in [5.41, 5.74) is 2.69. The van der Waals surface area contributed by atoms with Gasteiger partial charge in [0.05, 0.1) is 16.4 Å². The highest BCUT2D eigenvalue weighted by molar-refractivity contribution is 7.90. The minimum absolute atomic E-state index is 0.0431. The van der Waals surface area contributed by atoms with E-state index in [0.717, 1.165) is 29.4 Å². The molecular weight excluding hydrogens is 448 g/mol. The minimum atomic E-state index is -3.71. The number of hydrogen-bond donors (Lipinski definition) is 1. The molecule has 0 aromatic heterocycles. The third-order valence-electron chi connectivity index (χ3n) is 5.81. The number of aryl methyl sites for hydroxylation is 1. The summed E-state index contributed by atoms with van der Waals surface area (Å²) in [5.74, 6) is 0.411. The second kappa shape index (κ2) is 9.11. The molecule has 0 aliphatic carbocycles. The van der Waals surface area contributed by atoms with Crippen LogP contribution in [0.2, 0.25) is 5.02 Å². The van der Waals surface area contributed by atoms with Crippen molar-refractivity contribution < 1.29 is 13.2 Å². The molecule has 4 rings (SSSR count). The van der Waals surface area contributed by atoms with Crippen molar-refractivity contribution in [2.24, 2.45) is 10.3 Å². The lowest BCUT2D eigenvalue weighted by molar-refractivity contribution is -0.132. The third kappa shape index (κ3) is 4.91. The van der Waals surface area contributed by atoms with E-state index in [1.54, 1.807) is 18.2 Å². The fourth-order valence-corrected chi connectivity index (χ4v) is 5.54. The number of piperazine rings is 1. The van der Waals surface area contributed by atoms with Gasteiger partial charge >= 0.3 is 0 Å². The standard InChI is InChI=1S/C23H27ClN4O3S/c1-16-7-8-18(24)20(13-16)27-9-11-28(12-10-27)23(29)15-17(2)14-22-25-19-5-3-4-6-21(19)32(30,31)26-22/h3-8,13,17H,9-12,14-15H2,1-2H3,(H,25,26)/t17-/m1/s1. The zero-order chi connectivity index (χ0) is 22.9. The molecule has 9 heteroatoms. The molecule has 1 fully saturated rings. The number of sulfonamides is 1. The van der Waals surface area contributed by atoms with Crippen LogP contribution in [0.5, 0.6) is 0 Å². The van der Waals surface area contributed by atoms with Crippen LogP contribution in [0.25, 0.3) is 0 Å². The number of halogens is 1. The molecule has 7 nitrogen and oxygen atoms in total. The Bertz CT molecular complexity index is 1160. The largest absolute Gasteiger partial charge is 0.367 e. The molecule has 2 heterocycles. The highest BCUT2D eigenvalue weighted by Gasteiger charge is 2.27. The van der Waals surface area contributed by atoms with Gasteiger partial charge < -0.3 is 15.1 Å². The van der Waals surface area contributed by atoms with Crippen molar-refractivity contribution in [2.75, 3.05) is 36.4 Å². The average Bonchev–Trinajstić information content (AvgIpc) is 2.75. The van der Waals surface area contributed by atoms with Gasteiger partial charge in [0.15, 0.2) is 0 Å². The molecule has 170 valence electrons. The zero-order valence-electron chi connectivity index (χ0n) is 18.2. The molecule has 1 saturated heterocycles. The number of fused-ring (bicyclic) bond motifs is 1. The Kier molecular flexibility index (Phi) is 6.44. The van der Waals surface area contributed by atoms with Crippen LogP contribution in [0.15, 0.2) is 51.8 Å². The van der Waals surface area contributed by atoms with Crippen LogP contribution < -0.4 is 10.2 Å². The molecule has 2 aliphatic rings. The van der Waals surface area contributed by atoms with E-state index in [1.165, 1.54) is 6.07 Å². The first-order valence-electron chi connectivity index (χ1n) is 10.7. The second-order valence-corrected chi connectivity index (χ2v) is 10.5. The number of carbonyl (C=O) groups is 1. The molecular formula is C23H27ClN4O3S. The first-order chi connectivity index (χ1) is 15.2. The lowest BCUT2D eigenvalue weighted by Crippen LogP contribution is -2.49. The fraction of sp³-hybridized carbons (Fsp3) is 0.391. The number of benzene rings is 2. The second-order valence-electron chi connectivity index (χ2n) is 8.47. The molecule has 1 N–H and O–H groups in total. The van der Waals surface area contributed by atoms with Gasteiger partial charge in [0.2, 0.25) is 5.91 Å². The van der Waals surface area contributed by atoms with Gasteiger partial charge in [0.25, 0.3) is 10.0 Å². The predicted octanol–water partition coefficient (Wildman–Crippen LogP) is 3.93. The Labute approximate surface area is 194 Å². The normalized spacial score (nSPS) is 18.4. The Morgan fingerprint density at radius 1 is 1.16 bits per heavy atom. The molecule has 2 aromatic carbocycles. The van der Waals surface area contributed by atoms with E-state index in [1.807, 2.05) is 30.9 Å². The van der Waals surface area contributed by atoms with E-state index in [2.05, 4.69) is 20.7 Å². The van der Waals surface area contributed by atoms with Crippen LogP contribution in [-0.2, 0) is 14.8 Å². The predicted molar refractivity (Wildman–Crippen MR) is 128 cm³/mol. The molecule has 0 spiro atoms. The maximum atomic E-state index is 12.8. The molecule has 32 heavy (non-hydrogen) atoms. The topological polar surface area (TPSA) is 82.1 Å². The van der Waals surface area contributed by atoms with Gasteiger partial charge in [-0.15, -0.1) is 4.40 Å². The van der Waals surface area contributed by atoms with Gasteiger partial charge in [-0.2, -0.15) is 8.42 Å². The van der Waals surface area contributed by atoms with Crippen LogP contribution in [0.1, 0.15) is 25.3 Å². The summed E-state index contributed by atoms with van der Waals surface area (Å²) in [6, 6.07) is 12.7. The van der Waals surface area contributed by atoms with Crippen molar-refractivity contribution in [1.29, 1.82) is 0 Å². The summed E-state index contributed by atoms with van der Waals surface area (Å²) in [7, 11) is -3.71. The van der Waals surface area contributed by atoms with E-state index < -0.39 is 10.0 Å². The number of amidine groups is 1. The smallest absolute Gasteiger partial charge is 0.286 e. The average molecular weight is 475 g/mol. The van der Waals surface area contributed by atoms with Gasteiger partial charge in [-0.3, -0.25) is 4.79 Å². The van der Waals surface area contributed by atoms with Gasteiger partial charge in [0, 0.05) is 39.0 Å². The summed E-state index contributed by atoms with van der Waals surface area (Å²) in [5, 5.41) is 3.82. The first kappa shape index (κ1) is 22.6. The van der Waals surface area contributed by atoms with Crippen LogP contribution >= 0.6 is 11.6 Å². The SMILES string of the molecule is Cc1ccc(Cl)c(N2CCN(C(=O)C[C@H](C)CC3=NS(=O)(=O)c4ccccc4N3)CC2)c1. The lowest BCUT2D eigenvalue weighted by Gasteiger charge is -2.37. The van der Waals surface area contributed by atoms with Crippen LogP contribution in [-0.4, -0.2) is 51.2 Å². The van der Waals surface area contributed by atoms with Crippen molar-refractivity contribution in [3.05, 3.63) is 53.1 Å². The molecule has 0 saturated carbocycles. The number of amides is 1. The molecule has 0 radical (unpaired) electrons. The summed E-state index contributed by atoms with van der Waals surface area (Å²) in [4.78, 5) is 17.1. The van der Waals surface area contributed by atoms with Crippen LogP contribution in [0.4, 0.5) is 11.4 Å².